The Labute approximate surface area is 63.7 Å². The Morgan fingerprint density at radius 2 is 2.55 bits per heavy atom. The van der Waals surface area contributed by atoms with Gasteiger partial charge in [0, 0.05) is 6.20 Å². The summed E-state index contributed by atoms with van der Waals surface area (Å²) in [5.41, 5.74) is 4.83. The van der Waals surface area contributed by atoms with Crippen LogP contribution in [0.1, 0.15) is 0 Å². The molecule has 0 aliphatic carbocycles. The number of hydrogen-bond acceptors (Lipinski definition) is 3. The van der Waals surface area contributed by atoms with Crippen molar-refractivity contribution < 1.29 is 0 Å². The van der Waals surface area contributed by atoms with Crippen LogP contribution < -0.4 is 11.4 Å². The molecule has 1 aromatic rings. The molecule has 0 fully saturated rings. The minimum atomic E-state index is -0.414. The van der Waals surface area contributed by atoms with Crippen LogP contribution in [0.4, 0.5) is 5.82 Å². The number of hydrogen-bond donors (Lipinski definition) is 1. The van der Waals surface area contributed by atoms with Crippen molar-refractivity contribution in [2.24, 2.45) is 0 Å². The fourth-order valence-electron chi connectivity index (χ4n) is 0.661. The lowest BCUT2D eigenvalue weighted by molar-refractivity contribution is 0.761. The molecule has 0 atom stereocenters. The van der Waals surface area contributed by atoms with Crippen LogP contribution in [0.2, 0.25) is 0 Å². The van der Waals surface area contributed by atoms with E-state index in [9.17, 15) is 4.79 Å². The molecule has 1 rings (SSSR count). The fourth-order valence-corrected chi connectivity index (χ4v) is 0.661. The largest absolute Gasteiger partial charge is 0.383 e. The molecule has 1 heterocycles. The molecule has 0 amide bonds. The maximum absolute atomic E-state index is 10.9. The summed E-state index contributed by atoms with van der Waals surface area (Å²) in [7, 11) is 0. The molecule has 1 aromatic heterocycles. The summed E-state index contributed by atoms with van der Waals surface area (Å²) in [5, 5.41) is 0. The van der Waals surface area contributed by atoms with Crippen LogP contribution >= 0.6 is 0 Å². The molecule has 0 aromatic carbocycles. The van der Waals surface area contributed by atoms with Gasteiger partial charge >= 0.3 is 5.69 Å². The average molecular weight is 149 g/mol. The molecular weight excluding hydrogens is 142 g/mol. The highest BCUT2D eigenvalue weighted by Gasteiger charge is 1.93. The minimum Gasteiger partial charge on any atom is -0.383 e. The number of anilines is 1. The first-order chi connectivity index (χ1) is 5.24. The topological polar surface area (TPSA) is 60.9 Å². The van der Waals surface area contributed by atoms with Gasteiger partial charge in [-0.25, -0.2) is 4.79 Å². The predicted octanol–water partition coefficient (Wildman–Crippen LogP) is -0.541. The Morgan fingerprint density at radius 3 is 3.09 bits per heavy atom. The van der Waals surface area contributed by atoms with Crippen molar-refractivity contribution in [3.63, 3.8) is 0 Å². The summed E-state index contributed by atoms with van der Waals surface area (Å²) >= 11 is 0. The lowest BCUT2D eigenvalue weighted by Crippen LogP contribution is -2.22. The Kier molecular flexibility index (Phi) is 1.93. The monoisotopic (exact) mass is 149 g/mol. The second kappa shape index (κ2) is 2.88. The van der Waals surface area contributed by atoms with Crippen LogP contribution in [0.15, 0.2) is 17.1 Å². The van der Waals surface area contributed by atoms with Gasteiger partial charge in [0.25, 0.3) is 0 Å². The molecule has 0 saturated heterocycles. The molecule has 0 spiro atoms. The maximum Gasteiger partial charge on any atom is 0.350 e. The van der Waals surface area contributed by atoms with Gasteiger partial charge in [-0.05, 0) is 6.07 Å². The molecule has 0 unspecified atom stereocenters. The third kappa shape index (κ3) is 1.58. The zero-order valence-corrected chi connectivity index (χ0v) is 5.82. The van der Waals surface area contributed by atoms with Crippen LogP contribution in [-0.4, -0.2) is 9.55 Å². The Bertz CT molecular complexity index is 347. The van der Waals surface area contributed by atoms with E-state index in [1.807, 2.05) is 0 Å². The second-order valence-corrected chi connectivity index (χ2v) is 1.97. The molecule has 4 heteroatoms. The zero-order valence-electron chi connectivity index (χ0n) is 5.82. The second-order valence-electron chi connectivity index (χ2n) is 1.97. The normalized spacial score (nSPS) is 9.00. The van der Waals surface area contributed by atoms with Crippen molar-refractivity contribution in [1.82, 2.24) is 9.55 Å². The van der Waals surface area contributed by atoms with Crippen molar-refractivity contribution in [3.05, 3.63) is 22.7 Å². The number of nitrogens with zero attached hydrogens (tertiary/aromatic N) is 2. The first-order valence-corrected chi connectivity index (χ1v) is 3.00. The van der Waals surface area contributed by atoms with E-state index in [4.69, 9.17) is 12.2 Å². The molecule has 0 aliphatic heterocycles. The highest BCUT2D eigenvalue weighted by atomic mass is 16.1. The summed E-state index contributed by atoms with van der Waals surface area (Å²) in [4.78, 5) is 14.4. The first-order valence-electron chi connectivity index (χ1n) is 3.00. The molecular formula is C7H7N3O. The highest BCUT2D eigenvalue weighted by Crippen LogP contribution is 1.87. The number of nitrogen functional groups attached to an aromatic ring is 1. The Morgan fingerprint density at radius 1 is 1.82 bits per heavy atom. The van der Waals surface area contributed by atoms with Crippen LogP contribution in [0.5, 0.6) is 0 Å². The Balaban J connectivity index is 3.12. The molecule has 0 bridgehead atoms. The summed E-state index contributed by atoms with van der Waals surface area (Å²) in [6.07, 6.45) is 6.52. The number of aromatic nitrogens is 2. The van der Waals surface area contributed by atoms with Crippen molar-refractivity contribution in [2.75, 3.05) is 5.73 Å². The average Bonchev–Trinajstić information content (AvgIpc) is 1.95. The molecule has 11 heavy (non-hydrogen) atoms. The highest BCUT2D eigenvalue weighted by molar-refractivity contribution is 5.23. The van der Waals surface area contributed by atoms with E-state index in [-0.39, 0.29) is 12.4 Å². The smallest absolute Gasteiger partial charge is 0.350 e. The van der Waals surface area contributed by atoms with E-state index in [1.54, 1.807) is 0 Å². The van der Waals surface area contributed by atoms with Crippen LogP contribution in [0.25, 0.3) is 0 Å². The molecule has 56 valence electrons. The van der Waals surface area contributed by atoms with Gasteiger partial charge in [0.05, 0.1) is 6.54 Å². The first kappa shape index (κ1) is 7.35. The molecule has 0 saturated carbocycles. The Hall–Kier alpha value is -1.76. The van der Waals surface area contributed by atoms with Gasteiger partial charge in [-0.15, -0.1) is 6.42 Å². The van der Waals surface area contributed by atoms with E-state index in [1.165, 1.54) is 16.8 Å². The van der Waals surface area contributed by atoms with E-state index < -0.39 is 5.69 Å². The zero-order chi connectivity index (χ0) is 8.27. The van der Waals surface area contributed by atoms with Crippen LogP contribution in [-0.2, 0) is 6.54 Å². The van der Waals surface area contributed by atoms with E-state index in [2.05, 4.69) is 10.9 Å². The summed E-state index contributed by atoms with van der Waals surface area (Å²) in [6, 6.07) is 1.53. The van der Waals surface area contributed by atoms with Gasteiger partial charge in [-0.3, -0.25) is 4.57 Å². The van der Waals surface area contributed by atoms with E-state index >= 15 is 0 Å². The van der Waals surface area contributed by atoms with Crippen molar-refractivity contribution in [1.29, 1.82) is 0 Å². The maximum atomic E-state index is 10.9. The molecule has 4 nitrogen and oxygen atoms in total. The summed E-state index contributed by atoms with van der Waals surface area (Å²) in [6.45, 7) is 0.228. The lowest BCUT2D eigenvalue weighted by Gasteiger charge is -1.97. The van der Waals surface area contributed by atoms with Crippen molar-refractivity contribution in [3.8, 4) is 12.3 Å². The number of rotatable bonds is 1. The number of terminal acetylenes is 1. The summed E-state index contributed by atoms with van der Waals surface area (Å²) in [5.74, 6) is 2.54. The SMILES string of the molecule is C#CCn1ccc(N)nc1=O. The lowest BCUT2D eigenvalue weighted by atomic mass is 10.5. The molecule has 0 radical (unpaired) electrons. The van der Waals surface area contributed by atoms with Gasteiger partial charge in [0.15, 0.2) is 0 Å². The van der Waals surface area contributed by atoms with Gasteiger partial charge in [0.2, 0.25) is 0 Å². The third-order valence-electron chi connectivity index (χ3n) is 1.16. The van der Waals surface area contributed by atoms with Gasteiger partial charge < -0.3 is 5.73 Å². The van der Waals surface area contributed by atoms with Crippen LogP contribution in [0, 0.1) is 12.3 Å². The quantitative estimate of drug-likeness (QED) is 0.545. The standard InChI is InChI=1S/C7H7N3O/c1-2-4-10-5-3-6(8)9-7(10)11/h1,3,5H,4H2,(H2,8,9,11). The summed E-state index contributed by atoms with van der Waals surface area (Å²) < 4.78 is 1.30. The fraction of sp³-hybridized carbons (Fsp3) is 0.143. The van der Waals surface area contributed by atoms with Gasteiger partial charge in [-0.1, -0.05) is 5.92 Å². The van der Waals surface area contributed by atoms with E-state index in [0.717, 1.165) is 0 Å². The molecule has 0 aliphatic rings. The predicted molar refractivity (Wildman–Crippen MR) is 41.7 cm³/mol. The number of nitrogens with two attached hydrogens (primary N) is 1. The minimum absolute atomic E-state index is 0.211. The molecule has 2 N–H and O–H groups in total. The van der Waals surface area contributed by atoms with Gasteiger partial charge in [-0.2, -0.15) is 4.98 Å². The van der Waals surface area contributed by atoms with Crippen LogP contribution in [0.3, 0.4) is 0 Å². The van der Waals surface area contributed by atoms with Crippen molar-refractivity contribution >= 4 is 5.82 Å². The van der Waals surface area contributed by atoms with Crippen molar-refractivity contribution in [2.45, 2.75) is 6.54 Å². The third-order valence-corrected chi connectivity index (χ3v) is 1.16. The van der Waals surface area contributed by atoms with Gasteiger partial charge in [0.1, 0.15) is 5.82 Å². The van der Waals surface area contributed by atoms with E-state index in [0.29, 0.717) is 0 Å².